The van der Waals surface area contributed by atoms with Crippen LogP contribution in [0, 0.1) is 5.92 Å². The first-order valence-corrected chi connectivity index (χ1v) is 13.0. The lowest BCUT2D eigenvalue weighted by molar-refractivity contribution is -0.308. The minimum absolute atomic E-state index is 0.0648. The van der Waals surface area contributed by atoms with Gasteiger partial charge in [-0.25, -0.2) is 4.79 Å². The maximum Gasteiger partial charge on any atom is 0.339 e. The monoisotopic (exact) mass is 493 g/mol. The van der Waals surface area contributed by atoms with Crippen LogP contribution in [0.5, 0.6) is 0 Å². The molecule has 0 radical (unpaired) electrons. The number of rotatable bonds is 12. The molecule has 1 aliphatic rings. The molecule has 2 aromatic rings. The van der Waals surface area contributed by atoms with Gasteiger partial charge in [-0.15, -0.1) is 0 Å². The number of esters is 1. The van der Waals surface area contributed by atoms with Crippen LogP contribution in [0.2, 0.25) is 0 Å². The zero-order chi connectivity index (χ0) is 25.3. The number of unbranched alkanes of at least 4 members (excludes halogenated alkanes) is 4. The maximum absolute atomic E-state index is 13.3. The Morgan fingerprint density at radius 3 is 2.23 bits per heavy atom. The average molecular weight is 494 g/mol. The third-order valence-corrected chi connectivity index (χ3v) is 6.79. The smallest absolute Gasteiger partial charge is 0.339 e. The molecule has 1 aliphatic carbocycles. The Kier molecular flexibility index (Phi) is 9.73. The van der Waals surface area contributed by atoms with E-state index in [-0.39, 0.29) is 5.03 Å². The van der Waals surface area contributed by atoms with Crippen molar-refractivity contribution in [2.75, 3.05) is 0 Å². The van der Waals surface area contributed by atoms with Crippen LogP contribution in [0.1, 0.15) is 79.4 Å². The second-order valence-corrected chi connectivity index (χ2v) is 9.57. The van der Waals surface area contributed by atoms with E-state index in [1.807, 2.05) is 36.4 Å². The van der Waals surface area contributed by atoms with Crippen LogP contribution in [-0.4, -0.2) is 11.9 Å². The molecule has 0 aromatic heterocycles. The molecular formula is C30H34ClO4-. The quantitative estimate of drug-likeness (QED) is 0.199. The molecule has 0 aliphatic heterocycles. The number of carboxylic acids is 1. The number of ether oxygens (including phenoxy) is 1. The van der Waals surface area contributed by atoms with Gasteiger partial charge in [0.05, 0.1) is 17.5 Å². The molecule has 35 heavy (non-hydrogen) atoms. The van der Waals surface area contributed by atoms with Crippen LogP contribution in [0.15, 0.2) is 71.8 Å². The summed E-state index contributed by atoms with van der Waals surface area (Å²) in [7, 11) is 0. The molecule has 0 heterocycles. The lowest BCUT2D eigenvalue weighted by atomic mass is 9.82. The molecule has 0 saturated heterocycles. The standard InChI is InChI=1S/C30H35ClO4/c1-3-5-7-11-22-15-17-24(18-16-22)29(34)35-30(20-19-25(28(32)33)27(31)21-30)26-14-10-9-13-23(26)12-8-6-4-2/h9-10,13-21,25H,3-8,11-12H2,1-2H3,(H,32,33)/p-1. The van der Waals surface area contributed by atoms with Crippen molar-refractivity contribution >= 4 is 23.5 Å². The fourth-order valence-electron chi connectivity index (χ4n) is 4.43. The van der Waals surface area contributed by atoms with E-state index >= 15 is 0 Å². The molecule has 0 bridgehead atoms. The molecular weight excluding hydrogens is 460 g/mol. The van der Waals surface area contributed by atoms with E-state index in [4.69, 9.17) is 16.3 Å². The van der Waals surface area contributed by atoms with Crippen molar-refractivity contribution < 1.29 is 19.4 Å². The maximum atomic E-state index is 13.3. The lowest BCUT2D eigenvalue weighted by Crippen LogP contribution is -2.37. The van der Waals surface area contributed by atoms with E-state index in [2.05, 4.69) is 13.8 Å². The SMILES string of the molecule is CCCCCc1ccc(C(=O)OC2(c3ccccc3CCCCC)C=CC(C(=O)[O-])C(Cl)=C2)cc1. The fraction of sp³-hybridized carbons (Fsp3) is 0.400. The lowest BCUT2D eigenvalue weighted by Gasteiger charge is -2.34. The minimum atomic E-state index is -1.30. The summed E-state index contributed by atoms with van der Waals surface area (Å²) in [6, 6.07) is 15.3. The van der Waals surface area contributed by atoms with Gasteiger partial charge in [-0.3, -0.25) is 0 Å². The summed E-state index contributed by atoms with van der Waals surface area (Å²) in [5.74, 6) is -2.86. The Morgan fingerprint density at radius 2 is 1.60 bits per heavy atom. The molecule has 2 atom stereocenters. The highest BCUT2D eigenvalue weighted by atomic mass is 35.5. The molecule has 0 fully saturated rings. The Hall–Kier alpha value is -2.85. The predicted molar refractivity (Wildman–Crippen MR) is 138 cm³/mol. The van der Waals surface area contributed by atoms with Gasteiger partial charge in [-0.1, -0.05) is 93.6 Å². The normalized spacial score (nSPS) is 19.3. The molecule has 4 nitrogen and oxygen atoms in total. The van der Waals surface area contributed by atoms with Crippen molar-refractivity contribution in [2.24, 2.45) is 5.92 Å². The van der Waals surface area contributed by atoms with Crippen LogP contribution in [0.25, 0.3) is 0 Å². The van der Waals surface area contributed by atoms with Crippen LogP contribution >= 0.6 is 11.6 Å². The van der Waals surface area contributed by atoms with Gasteiger partial charge < -0.3 is 14.6 Å². The van der Waals surface area contributed by atoms with Crippen molar-refractivity contribution in [1.82, 2.24) is 0 Å². The van der Waals surface area contributed by atoms with Gasteiger partial charge >= 0.3 is 5.97 Å². The number of carbonyl (C=O) groups is 2. The third kappa shape index (κ3) is 6.85. The molecule has 2 aromatic carbocycles. The molecule has 0 spiro atoms. The van der Waals surface area contributed by atoms with Crippen LogP contribution in [-0.2, 0) is 28.0 Å². The van der Waals surface area contributed by atoms with E-state index in [1.165, 1.54) is 24.1 Å². The number of aliphatic carboxylic acids is 1. The van der Waals surface area contributed by atoms with E-state index < -0.39 is 23.5 Å². The molecule has 5 heteroatoms. The molecule has 0 saturated carbocycles. The summed E-state index contributed by atoms with van der Waals surface area (Å²) in [5, 5.41) is 11.6. The largest absolute Gasteiger partial charge is 0.549 e. The summed E-state index contributed by atoms with van der Waals surface area (Å²) < 4.78 is 6.14. The van der Waals surface area contributed by atoms with E-state index in [0.717, 1.165) is 56.1 Å². The van der Waals surface area contributed by atoms with Crippen molar-refractivity contribution in [3.63, 3.8) is 0 Å². The number of halogens is 1. The van der Waals surface area contributed by atoms with Crippen molar-refractivity contribution in [2.45, 2.75) is 70.8 Å². The van der Waals surface area contributed by atoms with Gasteiger partial charge in [0.25, 0.3) is 0 Å². The van der Waals surface area contributed by atoms with Gasteiger partial charge in [0.2, 0.25) is 0 Å². The van der Waals surface area contributed by atoms with Gasteiger partial charge in [0, 0.05) is 10.6 Å². The Labute approximate surface area is 213 Å². The van der Waals surface area contributed by atoms with Crippen molar-refractivity contribution in [1.29, 1.82) is 0 Å². The Balaban J connectivity index is 1.93. The zero-order valence-electron chi connectivity index (χ0n) is 20.6. The predicted octanol–water partition coefficient (Wildman–Crippen LogP) is 6.26. The number of hydrogen-bond donors (Lipinski definition) is 0. The van der Waals surface area contributed by atoms with E-state index in [1.54, 1.807) is 18.2 Å². The van der Waals surface area contributed by atoms with Crippen LogP contribution < -0.4 is 5.11 Å². The van der Waals surface area contributed by atoms with Gasteiger partial charge in [0.1, 0.15) is 0 Å². The second kappa shape index (κ2) is 12.7. The third-order valence-electron chi connectivity index (χ3n) is 6.45. The summed E-state index contributed by atoms with van der Waals surface area (Å²) in [4.78, 5) is 24.8. The average Bonchev–Trinajstić information content (AvgIpc) is 2.85. The molecule has 3 rings (SSSR count). The summed E-state index contributed by atoms with van der Waals surface area (Å²) in [5.41, 5.74) is 2.14. The number of aryl methyl sites for hydroxylation is 2. The summed E-state index contributed by atoms with van der Waals surface area (Å²) in [6.45, 7) is 4.32. The summed E-state index contributed by atoms with van der Waals surface area (Å²) in [6.07, 6.45) is 13.0. The first kappa shape index (κ1) is 26.7. The highest BCUT2D eigenvalue weighted by Gasteiger charge is 2.38. The first-order chi connectivity index (χ1) is 16.9. The van der Waals surface area contributed by atoms with E-state index in [9.17, 15) is 14.7 Å². The highest BCUT2D eigenvalue weighted by molar-refractivity contribution is 6.31. The van der Waals surface area contributed by atoms with Crippen LogP contribution in [0.4, 0.5) is 0 Å². The number of carboxylic acid groups (broad SMARTS) is 1. The number of benzene rings is 2. The van der Waals surface area contributed by atoms with E-state index in [0.29, 0.717) is 5.56 Å². The number of hydrogen-bond acceptors (Lipinski definition) is 4. The second-order valence-electron chi connectivity index (χ2n) is 9.14. The van der Waals surface area contributed by atoms with Gasteiger partial charge in [-0.2, -0.15) is 0 Å². The number of carbonyl (C=O) groups excluding carboxylic acids is 2. The minimum Gasteiger partial charge on any atom is -0.549 e. The van der Waals surface area contributed by atoms with Gasteiger partial charge in [-0.05, 0) is 61.1 Å². The molecule has 186 valence electrons. The molecule has 0 amide bonds. The highest BCUT2D eigenvalue weighted by Crippen LogP contribution is 2.40. The Morgan fingerprint density at radius 1 is 0.943 bits per heavy atom. The van der Waals surface area contributed by atoms with Crippen LogP contribution in [0.3, 0.4) is 0 Å². The Bertz CT molecular complexity index is 1070. The van der Waals surface area contributed by atoms with Gasteiger partial charge in [0.15, 0.2) is 5.60 Å². The van der Waals surface area contributed by atoms with Crippen molar-refractivity contribution in [3.05, 3.63) is 94.0 Å². The zero-order valence-corrected chi connectivity index (χ0v) is 21.4. The topological polar surface area (TPSA) is 66.4 Å². The van der Waals surface area contributed by atoms with Crippen molar-refractivity contribution in [3.8, 4) is 0 Å². The molecule has 2 unspecified atom stereocenters. The summed E-state index contributed by atoms with van der Waals surface area (Å²) >= 11 is 6.40. The first-order valence-electron chi connectivity index (χ1n) is 12.6. The molecule has 0 N–H and O–H groups in total. The fourth-order valence-corrected chi connectivity index (χ4v) is 4.76.